The van der Waals surface area contributed by atoms with Crippen LogP contribution in [0.2, 0.25) is 0 Å². The summed E-state index contributed by atoms with van der Waals surface area (Å²) in [6.45, 7) is 4.93. The quantitative estimate of drug-likeness (QED) is 0.752. The Kier molecular flexibility index (Phi) is 4.24. The number of phenolic OH excluding ortho intramolecular Hbond substituents is 1. The van der Waals surface area contributed by atoms with E-state index >= 15 is 0 Å². The molecule has 3 heterocycles. The average Bonchev–Trinajstić information content (AvgIpc) is 2.65. The summed E-state index contributed by atoms with van der Waals surface area (Å²) in [6, 6.07) is 9.05. The first-order chi connectivity index (χ1) is 12.6. The number of piperidine rings is 1. The fourth-order valence-electron chi connectivity index (χ4n) is 3.75. The summed E-state index contributed by atoms with van der Waals surface area (Å²) >= 11 is 0. The van der Waals surface area contributed by atoms with E-state index in [1.165, 1.54) is 0 Å². The van der Waals surface area contributed by atoms with Crippen molar-refractivity contribution >= 4 is 11.7 Å². The second-order valence-corrected chi connectivity index (χ2v) is 6.96. The molecular weight excluding hydrogens is 330 g/mol. The maximum atomic E-state index is 12.3. The maximum absolute atomic E-state index is 12.3. The zero-order valence-electron chi connectivity index (χ0n) is 14.8. The molecule has 1 amide bonds. The van der Waals surface area contributed by atoms with Crippen LogP contribution >= 0.6 is 0 Å². The number of phenols is 1. The van der Waals surface area contributed by atoms with Gasteiger partial charge in [0.15, 0.2) is 5.82 Å². The number of nitrogens with one attached hydrogen (secondary N) is 2. The van der Waals surface area contributed by atoms with Crippen LogP contribution in [0.4, 0.5) is 5.82 Å². The van der Waals surface area contributed by atoms with Crippen LogP contribution in [-0.2, 0) is 4.79 Å². The van der Waals surface area contributed by atoms with Crippen LogP contribution in [0.1, 0.15) is 18.5 Å². The zero-order valence-corrected chi connectivity index (χ0v) is 14.8. The van der Waals surface area contributed by atoms with E-state index in [-0.39, 0.29) is 11.7 Å². The Morgan fingerprint density at radius 3 is 2.65 bits per heavy atom. The van der Waals surface area contributed by atoms with Gasteiger partial charge in [-0.25, -0.2) is 9.97 Å². The molecule has 0 unspecified atom stereocenters. The van der Waals surface area contributed by atoms with Gasteiger partial charge in [-0.3, -0.25) is 4.79 Å². The number of amides is 1. The van der Waals surface area contributed by atoms with E-state index in [1.807, 2.05) is 25.1 Å². The summed E-state index contributed by atoms with van der Waals surface area (Å²) in [5.41, 5.74) is 1.03. The molecule has 2 saturated heterocycles. The fraction of sp³-hybridized carbons (Fsp3) is 0.421. The number of aryl methyl sites for hydroxylation is 1. The Balaban J connectivity index is 1.58. The number of aromatic hydroxyl groups is 1. The van der Waals surface area contributed by atoms with Crippen LogP contribution < -0.4 is 15.5 Å². The van der Waals surface area contributed by atoms with Crippen molar-refractivity contribution in [3.8, 4) is 17.1 Å². The van der Waals surface area contributed by atoms with E-state index < -0.39 is 5.54 Å². The molecule has 2 aliphatic heterocycles. The van der Waals surface area contributed by atoms with Crippen molar-refractivity contribution in [2.45, 2.75) is 25.3 Å². The first-order valence-corrected chi connectivity index (χ1v) is 9.00. The molecule has 2 aromatic rings. The second kappa shape index (κ2) is 6.57. The highest BCUT2D eigenvalue weighted by atomic mass is 16.3. The number of para-hydroxylation sites is 1. The van der Waals surface area contributed by atoms with Gasteiger partial charge < -0.3 is 20.6 Å². The van der Waals surface area contributed by atoms with Gasteiger partial charge in [0.2, 0.25) is 5.91 Å². The minimum Gasteiger partial charge on any atom is -0.507 e. The number of hydrogen-bond donors (Lipinski definition) is 3. The highest BCUT2D eigenvalue weighted by Gasteiger charge is 2.42. The van der Waals surface area contributed by atoms with E-state index in [0.717, 1.165) is 44.0 Å². The lowest BCUT2D eigenvalue weighted by atomic mass is 9.85. The molecule has 7 heteroatoms. The minimum atomic E-state index is -0.447. The monoisotopic (exact) mass is 353 g/mol. The normalized spacial score (nSPS) is 19.4. The summed E-state index contributed by atoms with van der Waals surface area (Å²) in [6.07, 6.45) is 1.49. The Labute approximate surface area is 152 Å². The number of anilines is 1. The summed E-state index contributed by atoms with van der Waals surface area (Å²) in [4.78, 5) is 23.6. The molecule has 1 aromatic heterocycles. The highest BCUT2D eigenvalue weighted by molar-refractivity contribution is 5.87. The van der Waals surface area contributed by atoms with Crippen molar-refractivity contribution in [2.24, 2.45) is 0 Å². The Morgan fingerprint density at radius 2 is 1.92 bits per heavy atom. The SMILES string of the molecule is Cc1cc(N2CCC3(CC2)NCCNC3=O)nc(-c2ccccc2O)n1. The predicted molar refractivity (Wildman–Crippen MR) is 99.1 cm³/mol. The second-order valence-electron chi connectivity index (χ2n) is 6.96. The Hall–Kier alpha value is -2.67. The van der Waals surface area contributed by atoms with Gasteiger partial charge in [-0.05, 0) is 31.9 Å². The third-order valence-electron chi connectivity index (χ3n) is 5.24. The summed E-state index contributed by atoms with van der Waals surface area (Å²) in [7, 11) is 0. The topological polar surface area (TPSA) is 90.4 Å². The molecule has 4 rings (SSSR count). The third kappa shape index (κ3) is 2.99. The molecule has 1 spiro atoms. The van der Waals surface area contributed by atoms with Crippen LogP contribution in [0.25, 0.3) is 11.4 Å². The number of nitrogens with zero attached hydrogens (tertiary/aromatic N) is 3. The Morgan fingerprint density at radius 1 is 1.15 bits per heavy atom. The van der Waals surface area contributed by atoms with Crippen LogP contribution in [0.3, 0.4) is 0 Å². The number of hydrogen-bond acceptors (Lipinski definition) is 6. The molecule has 1 aromatic carbocycles. The third-order valence-corrected chi connectivity index (χ3v) is 5.24. The molecule has 26 heavy (non-hydrogen) atoms. The van der Waals surface area contributed by atoms with Crippen molar-refractivity contribution in [1.82, 2.24) is 20.6 Å². The van der Waals surface area contributed by atoms with E-state index in [4.69, 9.17) is 0 Å². The van der Waals surface area contributed by atoms with Gasteiger partial charge >= 0.3 is 0 Å². The van der Waals surface area contributed by atoms with Gasteiger partial charge in [0.05, 0.1) is 5.56 Å². The molecular formula is C19H23N5O2. The molecule has 0 aliphatic carbocycles. The van der Waals surface area contributed by atoms with Crippen LogP contribution in [-0.4, -0.2) is 52.7 Å². The summed E-state index contributed by atoms with van der Waals surface area (Å²) in [5.74, 6) is 1.63. The van der Waals surface area contributed by atoms with Gasteiger partial charge in [0, 0.05) is 37.9 Å². The first kappa shape index (κ1) is 16.8. The molecule has 0 bridgehead atoms. The minimum absolute atomic E-state index is 0.108. The standard InChI is InChI=1S/C19H23N5O2/c1-13-12-16(23-17(22-13)14-4-2-3-5-15(14)25)24-10-6-19(7-11-24)18(26)20-8-9-21-19/h2-5,12,21,25H,6-11H2,1H3,(H,20,26). The van der Waals surface area contributed by atoms with Crippen molar-refractivity contribution in [2.75, 3.05) is 31.1 Å². The van der Waals surface area contributed by atoms with E-state index in [2.05, 4.69) is 25.5 Å². The van der Waals surface area contributed by atoms with E-state index in [9.17, 15) is 9.90 Å². The van der Waals surface area contributed by atoms with Crippen molar-refractivity contribution in [1.29, 1.82) is 0 Å². The molecule has 2 fully saturated rings. The number of carbonyl (C=O) groups excluding carboxylic acids is 1. The van der Waals surface area contributed by atoms with E-state index in [0.29, 0.717) is 17.9 Å². The summed E-state index contributed by atoms with van der Waals surface area (Å²) in [5, 5.41) is 16.5. The van der Waals surface area contributed by atoms with E-state index in [1.54, 1.807) is 12.1 Å². The number of benzene rings is 1. The van der Waals surface area contributed by atoms with Crippen molar-refractivity contribution < 1.29 is 9.90 Å². The molecule has 0 saturated carbocycles. The van der Waals surface area contributed by atoms with Gasteiger partial charge in [-0.2, -0.15) is 0 Å². The van der Waals surface area contributed by atoms with Crippen molar-refractivity contribution in [3.63, 3.8) is 0 Å². The number of carbonyl (C=O) groups is 1. The van der Waals surface area contributed by atoms with Crippen LogP contribution in [0, 0.1) is 6.92 Å². The number of rotatable bonds is 2. The maximum Gasteiger partial charge on any atom is 0.240 e. The first-order valence-electron chi connectivity index (χ1n) is 9.00. The Bertz CT molecular complexity index is 830. The number of piperazine rings is 1. The lowest BCUT2D eigenvalue weighted by Gasteiger charge is -2.43. The number of aromatic nitrogens is 2. The average molecular weight is 353 g/mol. The molecule has 0 atom stereocenters. The van der Waals surface area contributed by atoms with Crippen molar-refractivity contribution in [3.05, 3.63) is 36.0 Å². The van der Waals surface area contributed by atoms with Gasteiger partial charge in [0.1, 0.15) is 17.1 Å². The lowest BCUT2D eigenvalue weighted by Crippen LogP contribution is -2.66. The molecule has 7 nitrogen and oxygen atoms in total. The molecule has 136 valence electrons. The summed E-state index contributed by atoms with van der Waals surface area (Å²) < 4.78 is 0. The predicted octanol–water partition coefficient (Wildman–Crippen LogP) is 1.22. The van der Waals surface area contributed by atoms with Gasteiger partial charge in [-0.15, -0.1) is 0 Å². The molecule has 3 N–H and O–H groups in total. The zero-order chi connectivity index (χ0) is 18.1. The fourth-order valence-corrected chi connectivity index (χ4v) is 3.75. The molecule has 2 aliphatic rings. The van der Waals surface area contributed by atoms with Crippen LogP contribution in [0.15, 0.2) is 30.3 Å². The smallest absolute Gasteiger partial charge is 0.240 e. The lowest BCUT2D eigenvalue weighted by molar-refractivity contribution is -0.130. The van der Waals surface area contributed by atoms with Gasteiger partial charge in [-0.1, -0.05) is 12.1 Å². The largest absolute Gasteiger partial charge is 0.507 e. The molecule has 0 radical (unpaired) electrons. The highest BCUT2D eigenvalue weighted by Crippen LogP contribution is 2.30. The van der Waals surface area contributed by atoms with Gasteiger partial charge in [0.25, 0.3) is 0 Å². The van der Waals surface area contributed by atoms with Crippen LogP contribution in [0.5, 0.6) is 5.75 Å².